The molecule has 0 spiro atoms. The average molecular weight is 414 g/mol. The summed E-state index contributed by atoms with van der Waals surface area (Å²) < 4.78 is 13.4. The smallest absolute Gasteiger partial charge is 0.0716 e. The van der Waals surface area contributed by atoms with E-state index in [4.69, 9.17) is 9.47 Å². The van der Waals surface area contributed by atoms with E-state index in [-0.39, 0.29) is 0 Å². The van der Waals surface area contributed by atoms with Gasteiger partial charge in [-0.3, -0.25) is 0 Å². The molecular formula is C17H18Br2O2. The maximum atomic E-state index is 5.63. The lowest BCUT2D eigenvalue weighted by molar-refractivity contribution is 0.0695. The van der Waals surface area contributed by atoms with Gasteiger partial charge in [0.15, 0.2) is 0 Å². The Kier molecular flexibility index (Phi) is 7.44. The largest absolute Gasteiger partial charge is 0.377 e. The van der Waals surface area contributed by atoms with Crippen molar-refractivity contribution in [3.8, 4) is 0 Å². The number of benzene rings is 2. The Morgan fingerprint density at radius 2 is 1.00 bits per heavy atom. The van der Waals surface area contributed by atoms with Crippen molar-refractivity contribution in [2.45, 2.75) is 19.6 Å². The summed E-state index contributed by atoms with van der Waals surface area (Å²) in [5.74, 6) is 0. The molecule has 0 bridgehead atoms. The number of hydrogen-bond donors (Lipinski definition) is 0. The zero-order valence-corrected chi connectivity index (χ0v) is 14.9. The Balaban J connectivity index is 1.52. The van der Waals surface area contributed by atoms with Crippen LogP contribution in [0.1, 0.15) is 17.5 Å². The molecule has 21 heavy (non-hydrogen) atoms. The summed E-state index contributed by atoms with van der Waals surface area (Å²) in [5.41, 5.74) is 2.38. The van der Waals surface area contributed by atoms with Gasteiger partial charge in [-0.15, -0.1) is 0 Å². The van der Waals surface area contributed by atoms with Gasteiger partial charge >= 0.3 is 0 Å². The van der Waals surface area contributed by atoms with Crippen LogP contribution in [0.4, 0.5) is 0 Å². The summed E-state index contributed by atoms with van der Waals surface area (Å²) in [4.78, 5) is 0. The highest BCUT2D eigenvalue weighted by Gasteiger charge is 1.96. The van der Waals surface area contributed by atoms with Gasteiger partial charge in [0.25, 0.3) is 0 Å². The molecule has 0 saturated heterocycles. The number of halogens is 2. The van der Waals surface area contributed by atoms with Crippen LogP contribution in [0.15, 0.2) is 57.5 Å². The Hall–Kier alpha value is -0.680. The highest BCUT2D eigenvalue weighted by Crippen LogP contribution is 2.12. The molecule has 4 heteroatoms. The first-order valence-corrected chi connectivity index (χ1v) is 8.47. The minimum atomic E-state index is 0.653. The zero-order chi connectivity index (χ0) is 14.9. The van der Waals surface area contributed by atoms with E-state index in [2.05, 4.69) is 56.1 Å². The molecule has 0 atom stereocenters. The number of ether oxygens (including phenoxy) is 2. The van der Waals surface area contributed by atoms with Crippen LogP contribution in [-0.4, -0.2) is 13.2 Å². The average Bonchev–Trinajstić information content (AvgIpc) is 2.50. The standard InChI is InChI=1S/C17H18Br2O2/c18-16-6-2-14(3-7-16)12-20-10-1-11-21-13-15-4-8-17(19)9-5-15/h2-9H,1,10-13H2. The molecule has 2 nitrogen and oxygen atoms in total. The van der Waals surface area contributed by atoms with Crippen molar-refractivity contribution in [1.82, 2.24) is 0 Å². The molecule has 2 aromatic carbocycles. The molecule has 2 aromatic rings. The summed E-state index contributed by atoms with van der Waals surface area (Å²) in [5, 5.41) is 0. The molecule has 0 aliphatic carbocycles. The van der Waals surface area contributed by atoms with E-state index in [9.17, 15) is 0 Å². The van der Waals surface area contributed by atoms with Gasteiger partial charge in [0.2, 0.25) is 0 Å². The predicted octanol–water partition coefficient (Wildman–Crippen LogP) is 5.34. The van der Waals surface area contributed by atoms with Crippen LogP contribution in [0.5, 0.6) is 0 Å². The highest BCUT2D eigenvalue weighted by atomic mass is 79.9. The van der Waals surface area contributed by atoms with Crippen molar-refractivity contribution < 1.29 is 9.47 Å². The van der Waals surface area contributed by atoms with Crippen molar-refractivity contribution in [3.05, 3.63) is 68.6 Å². The van der Waals surface area contributed by atoms with Crippen molar-refractivity contribution in [2.24, 2.45) is 0 Å². The fraction of sp³-hybridized carbons (Fsp3) is 0.294. The molecule has 0 radical (unpaired) electrons. The maximum Gasteiger partial charge on any atom is 0.0716 e. The van der Waals surface area contributed by atoms with Crippen molar-refractivity contribution >= 4 is 31.9 Å². The van der Waals surface area contributed by atoms with E-state index in [1.807, 2.05) is 24.3 Å². The molecule has 112 valence electrons. The fourth-order valence-electron chi connectivity index (χ4n) is 1.80. The van der Waals surface area contributed by atoms with Gasteiger partial charge < -0.3 is 9.47 Å². The van der Waals surface area contributed by atoms with E-state index in [1.165, 1.54) is 11.1 Å². The molecule has 0 unspecified atom stereocenters. The predicted molar refractivity (Wildman–Crippen MR) is 92.2 cm³/mol. The quantitative estimate of drug-likeness (QED) is 0.544. The molecule has 0 aromatic heterocycles. The molecule has 0 heterocycles. The second-order valence-corrected chi connectivity index (χ2v) is 6.54. The van der Waals surface area contributed by atoms with Gasteiger partial charge in [-0.2, -0.15) is 0 Å². The first-order valence-electron chi connectivity index (χ1n) is 6.88. The van der Waals surface area contributed by atoms with E-state index < -0.39 is 0 Å². The van der Waals surface area contributed by atoms with Crippen LogP contribution in [0.3, 0.4) is 0 Å². The van der Waals surface area contributed by atoms with E-state index in [0.717, 1.165) is 28.6 Å². The minimum absolute atomic E-state index is 0.653. The second-order valence-electron chi connectivity index (χ2n) is 4.71. The number of rotatable bonds is 8. The summed E-state index contributed by atoms with van der Waals surface area (Å²) in [6, 6.07) is 16.4. The summed E-state index contributed by atoms with van der Waals surface area (Å²) >= 11 is 6.84. The lowest BCUT2D eigenvalue weighted by atomic mass is 10.2. The third-order valence-corrected chi connectivity index (χ3v) is 4.00. The van der Waals surface area contributed by atoms with Gasteiger partial charge in [-0.05, 0) is 41.8 Å². The van der Waals surface area contributed by atoms with Crippen LogP contribution in [0.25, 0.3) is 0 Å². The highest BCUT2D eigenvalue weighted by molar-refractivity contribution is 9.10. The van der Waals surface area contributed by atoms with Crippen LogP contribution < -0.4 is 0 Å². The molecule has 2 rings (SSSR count). The fourth-order valence-corrected chi connectivity index (χ4v) is 2.33. The van der Waals surface area contributed by atoms with Crippen molar-refractivity contribution in [1.29, 1.82) is 0 Å². The molecule has 0 amide bonds. The van der Waals surface area contributed by atoms with Gasteiger partial charge in [0.05, 0.1) is 13.2 Å². The third kappa shape index (κ3) is 6.74. The van der Waals surface area contributed by atoms with Gasteiger partial charge in [-0.1, -0.05) is 56.1 Å². The Labute approximate surface area is 142 Å². The SMILES string of the molecule is Brc1ccc(COCCCOCc2ccc(Br)cc2)cc1. The summed E-state index contributed by atoms with van der Waals surface area (Å²) in [7, 11) is 0. The number of hydrogen-bond acceptors (Lipinski definition) is 2. The molecule has 0 saturated carbocycles. The first kappa shape index (κ1) is 16.7. The normalized spacial score (nSPS) is 10.8. The van der Waals surface area contributed by atoms with Crippen LogP contribution in [0.2, 0.25) is 0 Å². The van der Waals surface area contributed by atoms with Crippen molar-refractivity contribution in [3.63, 3.8) is 0 Å². The summed E-state index contributed by atoms with van der Waals surface area (Å²) in [6.45, 7) is 2.74. The lowest BCUT2D eigenvalue weighted by Gasteiger charge is -2.06. The third-order valence-electron chi connectivity index (χ3n) is 2.94. The molecular weight excluding hydrogens is 396 g/mol. The van der Waals surface area contributed by atoms with E-state index in [1.54, 1.807) is 0 Å². The Morgan fingerprint density at radius 3 is 1.38 bits per heavy atom. The van der Waals surface area contributed by atoms with E-state index in [0.29, 0.717) is 13.2 Å². The molecule has 0 N–H and O–H groups in total. The molecule has 0 aliphatic heterocycles. The monoisotopic (exact) mass is 412 g/mol. The molecule has 0 fully saturated rings. The van der Waals surface area contributed by atoms with Crippen LogP contribution >= 0.6 is 31.9 Å². The lowest BCUT2D eigenvalue weighted by Crippen LogP contribution is -2.01. The minimum Gasteiger partial charge on any atom is -0.377 e. The maximum absolute atomic E-state index is 5.63. The van der Waals surface area contributed by atoms with Crippen molar-refractivity contribution in [2.75, 3.05) is 13.2 Å². The van der Waals surface area contributed by atoms with Gasteiger partial charge in [0.1, 0.15) is 0 Å². The summed E-state index contributed by atoms with van der Waals surface area (Å²) in [6.07, 6.45) is 0.910. The van der Waals surface area contributed by atoms with Crippen LogP contribution in [-0.2, 0) is 22.7 Å². The van der Waals surface area contributed by atoms with Gasteiger partial charge in [0, 0.05) is 22.2 Å². The topological polar surface area (TPSA) is 18.5 Å². The first-order chi connectivity index (χ1) is 10.2. The second kappa shape index (κ2) is 9.36. The zero-order valence-electron chi connectivity index (χ0n) is 11.7. The molecule has 0 aliphatic rings. The Morgan fingerprint density at radius 1 is 0.619 bits per heavy atom. The van der Waals surface area contributed by atoms with E-state index >= 15 is 0 Å². The van der Waals surface area contributed by atoms with Gasteiger partial charge in [-0.25, -0.2) is 0 Å². The Bertz CT molecular complexity index is 474. The van der Waals surface area contributed by atoms with Crippen LogP contribution in [0, 0.1) is 0 Å².